The molecule has 1 aliphatic heterocycles. The van der Waals surface area contributed by atoms with E-state index in [9.17, 15) is 4.39 Å². The molecule has 1 aliphatic rings. The first-order valence-corrected chi connectivity index (χ1v) is 7.55. The van der Waals surface area contributed by atoms with Gasteiger partial charge in [-0.15, -0.1) is 0 Å². The molecule has 1 N–H and O–H groups in total. The van der Waals surface area contributed by atoms with E-state index >= 15 is 0 Å². The lowest BCUT2D eigenvalue weighted by atomic mass is 10.0. The van der Waals surface area contributed by atoms with Gasteiger partial charge < -0.3 is 9.84 Å². The van der Waals surface area contributed by atoms with Crippen molar-refractivity contribution in [3.63, 3.8) is 0 Å². The molecule has 1 saturated heterocycles. The summed E-state index contributed by atoms with van der Waals surface area (Å²) >= 11 is 0. The molecule has 4 nitrogen and oxygen atoms in total. The highest BCUT2D eigenvalue weighted by atomic mass is 19.1. The molecule has 0 spiro atoms. The lowest BCUT2D eigenvalue weighted by molar-refractivity contribution is 0.342. The van der Waals surface area contributed by atoms with Gasteiger partial charge in [-0.05, 0) is 44.4 Å². The number of benzene rings is 1. The van der Waals surface area contributed by atoms with Crippen LogP contribution in [0.2, 0.25) is 0 Å². The third-order valence-corrected chi connectivity index (χ3v) is 4.02. The highest BCUT2D eigenvalue weighted by Gasteiger charge is 2.15. The zero-order chi connectivity index (χ0) is 14.7. The monoisotopic (exact) mass is 289 g/mol. The summed E-state index contributed by atoms with van der Waals surface area (Å²) in [6.07, 6.45) is 5.53. The molecule has 3 rings (SSSR count). The topological polar surface area (TPSA) is 51.0 Å². The Balaban J connectivity index is 1.63. The molecule has 1 atom stereocenters. The van der Waals surface area contributed by atoms with E-state index < -0.39 is 0 Å². The molecule has 1 fully saturated rings. The molecule has 0 radical (unpaired) electrons. The van der Waals surface area contributed by atoms with Gasteiger partial charge in [0.2, 0.25) is 11.7 Å². The second kappa shape index (κ2) is 6.35. The van der Waals surface area contributed by atoms with Gasteiger partial charge in [-0.2, -0.15) is 4.98 Å². The van der Waals surface area contributed by atoms with Crippen LogP contribution < -0.4 is 5.32 Å². The molecular formula is C16H20FN3O. The third kappa shape index (κ3) is 3.47. The first kappa shape index (κ1) is 14.2. The average Bonchev–Trinajstić information content (AvgIpc) is 2.98. The van der Waals surface area contributed by atoms with Crippen LogP contribution in [0, 0.1) is 12.7 Å². The van der Waals surface area contributed by atoms with Gasteiger partial charge in [-0.25, -0.2) is 4.39 Å². The maximum atomic E-state index is 13.6. The van der Waals surface area contributed by atoms with Gasteiger partial charge in [0.1, 0.15) is 5.82 Å². The van der Waals surface area contributed by atoms with E-state index in [2.05, 4.69) is 15.5 Å². The zero-order valence-electron chi connectivity index (χ0n) is 12.2. The molecule has 0 saturated carbocycles. The van der Waals surface area contributed by atoms with E-state index in [1.54, 1.807) is 13.0 Å². The summed E-state index contributed by atoms with van der Waals surface area (Å²) in [6, 6.07) is 5.54. The molecule has 1 unspecified atom stereocenters. The third-order valence-electron chi connectivity index (χ3n) is 4.02. The van der Waals surface area contributed by atoms with Crippen molar-refractivity contribution in [2.45, 2.75) is 45.1 Å². The SMILES string of the molecule is Cc1ccc(-c2noc(CCC3CCCCN3)n2)cc1F. The lowest BCUT2D eigenvalue weighted by Gasteiger charge is -2.22. The number of hydrogen-bond acceptors (Lipinski definition) is 4. The largest absolute Gasteiger partial charge is 0.339 e. The first-order chi connectivity index (χ1) is 10.2. The minimum absolute atomic E-state index is 0.245. The summed E-state index contributed by atoms with van der Waals surface area (Å²) in [5.41, 5.74) is 1.27. The number of hydrogen-bond donors (Lipinski definition) is 1. The maximum absolute atomic E-state index is 13.6. The van der Waals surface area contributed by atoms with Crippen LogP contribution in [0.3, 0.4) is 0 Å². The Hall–Kier alpha value is -1.75. The van der Waals surface area contributed by atoms with Gasteiger partial charge in [-0.3, -0.25) is 0 Å². The standard InChI is InChI=1S/C16H20FN3O/c1-11-5-6-12(10-14(11)17)16-19-15(21-20-16)8-7-13-4-2-3-9-18-13/h5-6,10,13,18H,2-4,7-9H2,1H3. The smallest absolute Gasteiger partial charge is 0.227 e. The average molecular weight is 289 g/mol. The molecule has 112 valence electrons. The van der Waals surface area contributed by atoms with Crippen LogP contribution in [0.25, 0.3) is 11.4 Å². The van der Waals surface area contributed by atoms with E-state index in [4.69, 9.17) is 4.52 Å². The Kier molecular flexibility index (Phi) is 4.29. The van der Waals surface area contributed by atoms with Crippen molar-refractivity contribution in [3.8, 4) is 11.4 Å². The van der Waals surface area contributed by atoms with E-state index in [1.807, 2.05) is 6.07 Å². The van der Waals surface area contributed by atoms with Crippen LogP contribution in [-0.4, -0.2) is 22.7 Å². The fraction of sp³-hybridized carbons (Fsp3) is 0.500. The number of nitrogens with one attached hydrogen (secondary N) is 1. The van der Waals surface area contributed by atoms with Gasteiger partial charge in [0, 0.05) is 18.0 Å². The second-order valence-corrected chi connectivity index (χ2v) is 5.66. The van der Waals surface area contributed by atoms with Crippen LogP contribution >= 0.6 is 0 Å². The van der Waals surface area contributed by atoms with E-state index in [1.165, 1.54) is 25.3 Å². The number of piperidine rings is 1. The second-order valence-electron chi connectivity index (χ2n) is 5.66. The van der Waals surface area contributed by atoms with Gasteiger partial charge >= 0.3 is 0 Å². The Morgan fingerprint density at radius 3 is 3.05 bits per heavy atom. The van der Waals surface area contributed by atoms with Crippen molar-refractivity contribution < 1.29 is 8.91 Å². The number of aromatic nitrogens is 2. The van der Waals surface area contributed by atoms with Crippen LogP contribution in [0.5, 0.6) is 0 Å². The number of aryl methyl sites for hydroxylation is 2. The Labute approximate surface area is 123 Å². The van der Waals surface area contributed by atoms with Crippen molar-refractivity contribution in [1.82, 2.24) is 15.5 Å². The molecule has 0 bridgehead atoms. The van der Waals surface area contributed by atoms with E-state index in [-0.39, 0.29) is 5.82 Å². The van der Waals surface area contributed by atoms with E-state index in [0.29, 0.717) is 28.9 Å². The summed E-state index contributed by atoms with van der Waals surface area (Å²) < 4.78 is 18.8. The van der Waals surface area contributed by atoms with Crippen LogP contribution in [-0.2, 0) is 6.42 Å². The molecule has 0 aliphatic carbocycles. The summed E-state index contributed by atoms with van der Waals surface area (Å²) in [6.45, 7) is 2.83. The van der Waals surface area contributed by atoms with Gasteiger partial charge in [-0.1, -0.05) is 23.7 Å². The Morgan fingerprint density at radius 2 is 2.29 bits per heavy atom. The number of nitrogens with zero attached hydrogens (tertiary/aromatic N) is 2. The normalized spacial score (nSPS) is 18.9. The molecule has 1 aromatic carbocycles. The minimum atomic E-state index is -0.245. The summed E-state index contributed by atoms with van der Waals surface area (Å²) in [7, 11) is 0. The maximum Gasteiger partial charge on any atom is 0.227 e. The fourth-order valence-electron chi connectivity index (χ4n) is 2.67. The van der Waals surface area contributed by atoms with Gasteiger partial charge in [0.15, 0.2) is 0 Å². The lowest BCUT2D eigenvalue weighted by Crippen LogP contribution is -2.34. The fourth-order valence-corrected chi connectivity index (χ4v) is 2.67. The van der Waals surface area contributed by atoms with Crippen LogP contribution in [0.4, 0.5) is 4.39 Å². The summed E-state index contributed by atoms with van der Waals surface area (Å²) in [5.74, 6) is 0.837. The molecule has 2 heterocycles. The van der Waals surface area contributed by atoms with Crippen LogP contribution in [0.1, 0.15) is 37.1 Å². The molecule has 1 aromatic heterocycles. The molecule has 2 aromatic rings. The predicted molar refractivity (Wildman–Crippen MR) is 78.4 cm³/mol. The van der Waals surface area contributed by atoms with Crippen molar-refractivity contribution in [2.24, 2.45) is 0 Å². The first-order valence-electron chi connectivity index (χ1n) is 7.55. The highest BCUT2D eigenvalue weighted by Crippen LogP contribution is 2.20. The quantitative estimate of drug-likeness (QED) is 0.938. The number of halogens is 1. The highest BCUT2D eigenvalue weighted by molar-refractivity contribution is 5.54. The van der Waals surface area contributed by atoms with Crippen molar-refractivity contribution in [1.29, 1.82) is 0 Å². The van der Waals surface area contributed by atoms with E-state index in [0.717, 1.165) is 19.4 Å². The zero-order valence-corrected chi connectivity index (χ0v) is 12.2. The van der Waals surface area contributed by atoms with Gasteiger partial charge in [0.05, 0.1) is 0 Å². The predicted octanol–water partition coefficient (Wildman–Crippen LogP) is 3.26. The van der Waals surface area contributed by atoms with Gasteiger partial charge in [0.25, 0.3) is 0 Å². The Morgan fingerprint density at radius 1 is 1.38 bits per heavy atom. The number of rotatable bonds is 4. The van der Waals surface area contributed by atoms with Crippen molar-refractivity contribution in [2.75, 3.05) is 6.54 Å². The molecule has 0 amide bonds. The summed E-state index contributed by atoms with van der Waals surface area (Å²) in [4.78, 5) is 4.36. The molecule has 21 heavy (non-hydrogen) atoms. The summed E-state index contributed by atoms with van der Waals surface area (Å²) in [5, 5.41) is 7.45. The molecule has 5 heteroatoms. The van der Waals surface area contributed by atoms with Crippen molar-refractivity contribution >= 4 is 0 Å². The van der Waals surface area contributed by atoms with Crippen LogP contribution in [0.15, 0.2) is 22.7 Å². The van der Waals surface area contributed by atoms with Crippen molar-refractivity contribution in [3.05, 3.63) is 35.5 Å². The minimum Gasteiger partial charge on any atom is -0.339 e. The molecular weight excluding hydrogens is 269 g/mol. The Bertz CT molecular complexity index is 605.